The van der Waals surface area contributed by atoms with Crippen molar-refractivity contribution >= 4 is 97.0 Å². The van der Waals surface area contributed by atoms with Crippen LogP contribution in [-0.2, 0) is 10.8 Å². The molecule has 0 spiro atoms. The number of aryl methyl sites for hydroxylation is 2. The van der Waals surface area contributed by atoms with E-state index in [1.54, 1.807) is 0 Å². The number of hydrogen-bond acceptors (Lipinski definition) is 0. The predicted molar refractivity (Wildman–Crippen MR) is 314 cm³/mol. The molecule has 0 heteroatoms. The molecule has 15 rings (SSSR count). The summed E-state index contributed by atoms with van der Waals surface area (Å²) in [7, 11) is 0. The molecule has 1 aliphatic rings. The Balaban J connectivity index is 1.19. The van der Waals surface area contributed by atoms with Crippen LogP contribution in [0.5, 0.6) is 0 Å². The Labute approximate surface area is 420 Å². The number of fused-ring (bicyclic) bond motifs is 13. The Kier molecular flexibility index (Phi) is 8.28. The Bertz CT molecular complexity index is 4660. The maximum absolute atomic E-state index is 2.58. The minimum absolute atomic E-state index is 0.0199. The van der Waals surface area contributed by atoms with Gasteiger partial charge >= 0.3 is 0 Å². The number of rotatable bonds is 3. The summed E-state index contributed by atoms with van der Waals surface area (Å²) in [5, 5.41) is 23.8. The van der Waals surface area contributed by atoms with Gasteiger partial charge in [0.2, 0.25) is 0 Å². The van der Waals surface area contributed by atoms with E-state index in [1.807, 2.05) is 0 Å². The summed E-state index contributed by atoms with van der Waals surface area (Å²) < 4.78 is 0. The van der Waals surface area contributed by atoms with Gasteiger partial charge in [-0.2, -0.15) is 0 Å². The van der Waals surface area contributed by atoms with Crippen molar-refractivity contribution in [2.45, 2.75) is 66.2 Å². The average molecular weight is 919 g/mol. The van der Waals surface area contributed by atoms with Crippen LogP contribution in [-0.4, -0.2) is 0 Å². The van der Waals surface area contributed by atoms with Crippen molar-refractivity contribution in [3.8, 4) is 55.6 Å². The molecular formula is C72H54. The summed E-state index contributed by atoms with van der Waals surface area (Å²) in [4.78, 5) is 0. The third-order valence-electron chi connectivity index (χ3n) is 16.9. The van der Waals surface area contributed by atoms with Crippen molar-refractivity contribution in [2.24, 2.45) is 0 Å². The van der Waals surface area contributed by atoms with E-state index in [4.69, 9.17) is 0 Å². The van der Waals surface area contributed by atoms with Crippen LogP contribution in [0.25, 0.3) is 153 Å². The molecule has 0 amide bonds. The van der Waals surface area contributed by atoms with Crippen LogP contribution in [0.1, 0.15) is 63.8 Å². The number of benzene rings is 12. The molecule has 0 N–H and O–H groups in total. The summed E-state index contributed by atoms with van der Waals surface area (Å²) in [6.07, 6.45) is 0. The normalized spacial score (nSPS) is 13.0. The fraction of sp³-hybridized carbons (Fsp3) is 0.139. The van der Waals surface area contributed by atoms with Crippen molar-refractivity contribution in [1.29, 1.82) is 0 Å². The zero-order valence-electron chi connectivity index (χ0n) is 42.3. The van der Waals surface area contributed by atoms with E-state index >= 15 is 0 Å². The third kappa shape index (κ3) is 5.53. The topological polar surface area (TPSA) is 0 Å². The molecule has 0 fully saturated rings. The molecule has 342 valence electrons. The van der Waals surface area contributed by atoms with E-state index in [9.17, 15) is 0 Å². The lowest BCUT2D eigenvalue weighted by molar-refractivity contribution is 0.590. The van der Waals surface area contributed by atoms with E-state index in [0.29, 0.717) is 0 Å². The minimum atomic E-state index is 0.0199. The summed E-state index contributed by atoms with van der Waals surface area (Å²) >= 11 is 0. The second-order valence-corrected chi connectivity index (χ2v) is 23.2. The first-order chi connectivity index (χ1) is 34.8. The van der Waals surface area contributed by atoms with E-state index in [0.717, 1.165) is 0 Å². The summed E-state index contributed by atoms with van der Waals surface area (Å²) in [6.45, 7) is 18.5. The van der Waals surface area contributed by atoms with Gasteiger partial charge in [0, 0.05) is 0 Å². The molecule has 1 aliphatic carbocycles. The van der Waals surface area contributed by atoms with Crippen LogP contribution in [0, 0.1) is 13.8 Å². The van der Waals surface area contributed by atoms with Crippen molar-refractivity contribution in [3.63, 3.8) is 0 Å². The van der Waals surface area contributed by atoms with Crippen LogP contribution in [0.4, 0.5) is 0 Å². The van der Waals surface area contributed by atoms with Crippen LogP contribution < -0.4 is 0 Å². The highest BCUT2D eigenvalue weighted by molar-refractivity contribution is 6.47. The molecule has 0 bridgehead atoms. The Morgan fingerprint density at radius 1 is 0.264 bits per heavy atom. The summed E-state index contributed by atoms with van der Waals surface area (Å²) in [5.74, 6) is 0. The van der Waals surface area contributed by atoms with Gasteiger partial charge in [-0.05, 0) is 212 Å². The summed E-state index contributed by atoms with van der Waals surface area (Å²) in [6, 6.07) is 71.0. The molecule has 0 heterocycles. The first kappa shape index (κ1) is 41.7. The largest absolute Gasteiger partial charge is 0.0616 e. The van der Waals surface area contributed by atoms with Gasteiger partial charge in [0.05, 0.1) is 0 Å². The molecule has 14 aromatic rings. The Morgan fingerprint density at radius 2 is 0.847 bits per heavy atom. The van der Waals surface area contributed by atoms with Crippen molar-refractivity contribution in [3.05, 3.63) is 204 Å². The van der Waals surface area contributed by atoms with Gasteiger partial charge in [-0.25, -0.2) is 0 Å². The van der Waals surface area contributed by atoms with E-state index in [-0.39, 0.29) is 10.8 Å². The van der Waals surface area contributed by atoms with Crippen LogP contribution in [0.3, 0.4) is 0 Å². The van der Waals surface area contributed by atoms with Gasteiger partial charge in [0.25, 0.3) is 0 Å². The zero-order valence-corrected chi connectivity index (χ0v) is 42.3. The highest BCUT2D eigenvalue weighted by Gasteiger charge is 2.31. The molecular weight excluding hydrogens is 865 g/mol. The third-order valence-corrected chi connectivity index (χ3v) is 16.9. The van der Waals surface area contributed by atoms with Crippen molar-refractivity contribution in [1.82, 2.24) is 0 Å². The first-order valence-electron chi connectivity index (χ1n) is 25.9. The zero-order chi connectivity index (χ0) is 48.7. The second kappa shape index (κ2) is 14.3. The molecule has 72 heavy (non-hydrogen) atoms. The first-order valence-corrected chi connectivity index (χ1v) is 25.9. The lowest BCUT2D eigenvalue weighted by atomic mass is 9.81. The van der Waals surface area contributed by atoms with Crippen molar-refractivity contribution < 1.29 is 0 Å². The van der Waals surface area contributed by atoms with Crippen LogP contribution in [0.15, 0.2) is 182 Å². The Hall–Kier alpha value is -8.06. The smallest absolute Gasteiger partial charge is 0.000697 e. The predicted octanol–water partition coefficient (Wildman–Crippen LogP) is 20.8. The van der Waals surface area contributed by atoms with Gasteiger partial charge in [0.1, 0.15) is 0 Å². The van der Waals surface area contributed by atoms with Gasteiger partial charge in [-0.3, -0.25) is 0 Å². The molecule has 0 atom stereocenters. The maximum atomic E-state index is 2.58. The molecule has 0 aliphatic heterocycles. The fourth-order valence-corrected chi connectivity index (χ4v) is 13.7. The quantitative estimate of drug-likeness (QED) is 0.155. The summed E-state index contributed by atoms with van der Waals surface area (Å²) in [5.41, 5.74) is 18.5. The molecule has 0 radical (unpaired) electrons. The highest BCUT2D eigenvalue weighted by atomic mass is 14.3. The van der Waals surface area contributed by atoms with Crippen LogP contribution >= 0.6 is 0 Å². The molecule has 0 aromatic heterocycles. The monoisotopic (exact) mass is 918 g/mol. The fourth-order valence-electron chi connectivity index (χ4n) is 13.7. The van der Waals surface area contributed by atoms with Crippen LogP contribution in [0.2, 0.25) is 0 Å². The van der Waals surface area contributed by atoms with E-state index < -0.39 is 0 Å². The molecule has 0 nitrogen and oxygen atoms in total. The SMILES string of the molecule is Cc1cc2c3c(c(C)cc(-c4ccc5c6c(-c7ccc(C(C)(C)C)cc7)c7cc8c9ccccc9c9cccc(c7c(-c7ccc(C(C)(C)C)cc7)c6c6cc7ccccc7c4c56)c98)c3c1)-c1ccccc1-2. The molecule has 0 saturated heterocycles. The van der Waals surface area contributed by atoms with Gasteiger partial charge in [-0.15, -0.1) is 0 Å². The standard InChI is InChI=1S/C72H54/c1-39-34-56-49-20-13-14-21-50(49)61-40(2)36-55(57(35-39)68(56)61)52-32-33-54-67-59(37-43-16-9-10-17-46(43)65(52)67)70-63(42-26-30-45(31-27-42)72(6,7)8)66-53-23-15-22-51-47-18-11-12-19-48(47)58(64(51)53)38-60(66)62(69(54)70)41-24-28-44(29-25-41)71(3,4)5/h9-38H,1-8H3. The Morgan fingerprint density at radius 3 is 1.56 bits per heavy atom. The highest BCUT2D eigenvalue weighted by Crippen LogP contribution is 2.58. The molecule has 0 unspecified atom stereocenters. The molecule has 14 aromatic carbocycles. The number of hydrogen-bond donors (Lipinski definition) is 0. The van der Waals surface area contributed by atoms with Gasteiger partial charge < -0.3 is 0 Å². The molecule has 0 saturated carbocycles. The van der Waals surface area contributed by atoms with E-state index in [1.165, 1.54) is 175 Å². The minimum Gasteiger partial charge on any atom is -0.0616 e. The second-order valence-electron chi connectivity index (χ2n) is 23.2. The van der Waals surface area contributed by atoms with E-state index in [2.05, 4.69) is 237 Å². The average Bonchev–Trinajstić information content (AvgIpc) is 4.02. The van der Waals surface area contributed by atoms with Gasteiger partial charge in [-0.1, -0.05) is 211 Å². The van der Waals surface area contributed by atoms with Crippen molar-refractivity contribution in [2.75, 3.05) is 0 Å². The lowest BCUT2D eigenvalue weighted by Gasteiger charge is -2.22. The van der Waals surface area contributed by atoms with Gasteiger partial charge in [0.15, 0.2) is 0 Å². The lowest BCUT2D eigenvalue weighted by Crippen LogP contribution is -2.10. The maximum Gasteiger partial charge on any atom is -0.000697 e.